The third kappa shape index (κ3) is 3.19. The Balaban J connectivity index is 1.47. The van der Waals surface area contributed by atoms with Crippen LogP contribution in [0.5, 0.6) is 0 Å². The largest absolute Gasteiger partial charge is 0.468 e. The zero-order chi connectivity index (χ0) is 15.5. The van der Waals surface area contributed by atoms with Gasteiger partial charge in [0.15, 0.2) is 0 Å². The van der Waals surface area contributed by atoms with Crippen molar-refractivity contribution >= 4 is 0 Å². The number of likely N-dealkylation sites (tertiary alicyclic amines) is 2. The standard InChI is InChI=1S/C19H25N3O/c1-5-17(13-20-9-1)14-22-11-4-8-19(22)7-3-10-21(16-19)15-18-6-2-12-23-18/h1-2,5-6,9,12-13H,3-4,7-8,10-11,14-16H2. The van der Waals surface area contributed by atoms with Crippen molar-refractivity contribution in [3.05, 3.63) is 54.2 Å². The molecule has 1 atom stereocenters. The van der Waals surface area contributed by atoms with E-state index in [9.17, 15) is 0 Å². The van der Waals surface area contributed by atoms with Gasteiger partial charge in [-0.1, -0.05) is 6.07 Å². The van der Waals surface area contributed by atoms with E-state index in [-0.39, 0.29) is 0 Å². The molecule has 2 aliphatic heterocycles. The van der Waals surface area contributed by atoms with E-state index in [1.54, 1.807) is 6.26 Å². The number of aromatic nitrogens is 1. The van der Waals surface area contributed by atoms with Gasteiger partial charge in [-0.2, -0.15) is 0 Å². The van der Waals surface area contributed by atoms with Gasteiger partial charge in [0.2, 0.25) is 0 Å². The number of furan rings is 1. The summed E-state index contributed by atoms with van der Waals surface area (Å²) in [6.07, 6.45) is 10.9. The van der Waals surface area contributed by atoms with Crippen molar-refractivity contribution in [3.8, 4) is 0 Å². The van der Waals surface area contributed by atoms with Gasteiger partial charge in [0.25, 0.3) is 0 Å². The minimum atomic E-state index is 0.348. The molecule has 2 fully saturated rings. The molecule has 4 heteroatoms. The van der Waals surface area contributed by atoms with Crippen LogP contribution < -0.4 is 0 Å². The number of piperidine rings is 1. The minimum Gasteiger partial charge on any atom is -0.468 e. The highest BCUT2D eigenvalue weighted by atomic mass is 16.3. The van der Waals surface area contributed by atoms with Crippen molar-refractivity contribution in [3.63, 3.8) is 0 Å². The van der Waals surface area contributed by atoms with Crippen LogP contribution in [0.1, 0.15) is 37.0 Å². The molecule has 23 heavy (non-hydrogen) atoms. The summed E-state index contributed by atoms with van der Waals surface area (Å²) in [5, 5.41) is 0. The van der Waals surface area contributed by atoms with Crippen molar-refractivity contribution in [2.75, 3.05) is 19.6 Å². The van der Waals surface area contributed by atoms with Gasteiger partial charge in [0, 0.05) is 31.0 Å². The van der Waals surface area contributed by atoms with E-state index in [2.05, 4.69) is 26.9 Å². The van der Waals surface area contributed by atoms with Crippen molar-refractivity contribution in [2.24, 2.45) is 0 Å². The second-order valence-electron chi connectivity index (χ2n) is 7.00. The Morgan fingerprint density at radius 2 is 2.00 bits per heavy atom. The summed E-state index contributed by atoms with van der Waals surface area (Å²) in [6.45, 7) is 5.53. The highest BCUT2D eigenvalue weighted by molar-refractivity contribution is 5.11. The van der Waals surface area contributed by atoms with Gasteiger partial charge in [-0.25, -0.2) is 0 Å². The normalized spacial score (nSPS) is 26.1. The van der Waals surface area contributed by atoms with Gasteiger partial charge in [0.1, 0.15) is 5.76 Å². The lowest BCUT2D eigenvalue weighted by molar-refractivity contribution is 0.0301. The Hall–Kier alpha value is -1.65. The van der Waals surface area contributed by atoms with Crippen molar-refractivity contribution in [2.45, 2.75) is 44.3 Å². The molecule has 2 aliphatic rings. The Morgan fingerprint density at radius 1 is 1.09 bits per heavy atom. The molecule has 0 radical (unpaired) electrons. The molecular weight excluding hydrogens is 286 g/mol. The van der Waals surface area contributed by atoms with Crippen LogP contribution in [0.4, 0.5) is 0 Å². The Bertz CT molecular complexity index is 613. The van der Waals surface area contributed by atoms with E-state index in [4.69, 9.17) is 4.42 Å². The Labute approximate surface area is 138 Å². The molecule has 0 aliphatic carbocycles. The molecule has 0 N–H and O–H groups in total. The first kappa shape index (κ1) is 14.9. The highest BCUT2D eigenvalue weighted by Crippen LogP contribution is 2.38. The molecule has 1 unspecified atom stereocenters. The van der Waals surface area contributed by atoms with Crippen LogP contribution in [-0.4, -0.2) is 40.0 Å². The third-order valence-electron chi connectivity index (χ3n) is 5.43. The lowest BCUT2D eigenvalue weighted by Crippen LogP contribution is -2.55. The van der Waals surface area contributed by atoms with E-state index in [1.165, 1.54) is 44.3 Å². The predicted octanol–water partition coefficient (Wildman–Crippen LogP) is 3.31. The average Bonchev–Trinajstić information content (AvgIpc) is 3.20. The summed E-state index contributed by atoms with van der Waals surface area (Å²) < 4.78 is 5.55. The lowest BCUT2D eigenvalue weighted by atomic mass is 9.86. The summed E-state index contributed by atoms with van der Waals surface area (Å²) in [5.41, 5.74) is 1.68. The van der Waals surface area contributed by atoms with E-state index in [0.29, 0.717) is 5.54 Å². The molecule has 0 aromatic carbocycles. The van der Waals surface area contributed by atoms with E-state index in [0.717, 1.165) is 25.4 Å². The average molecular weight is 311 g/mol. The molecule has 0 saturated carbocycles. The molecule has 0 bridgehead atoms. The molecule has 122 valence electrons. The quantitative estimate of drug-likeness (QED) is 0.867. The molecule has 2 aromatic rings. The van der Waals surface area contributed by atoms with Gasteiger partial charge < -0.3 is 4.42 Å². The highest BCUT2D eigenvalue weighted by Gasteiger charge is 2.43. The van der Waals surface area contributed by atoms with E-state index < -0.39 is 0 Å². The number of nitrogens with zero attached hydrogens (tertiary/aromatic N) is 3. The number of pyridine rings is 1. The topological polar surface area (TPSA) is 32.5 Å². The fourth-order valence-corrected chi connectivity index (χ4v) is 4.38. The summed E-state index contributed by atoms with van der Waals surface area (Å²) >= 11 is 0. The first-order valence-electron chi connectivity index (χ1n) is 8.73. The van der Waals surface area contributed by atoms with Crippen molar-refractivity contribution < 1.29 is 4.42 Å². The minimum absolute atomic E-state index is 0.348. The van der Waals surface area contributed by atoms with E-state index in [1.807, 2.05) is 24.5 Å². The van der Waals surface area contributed by atoms with E-state index >= 15 is 0 Å². The number of hydrogen-bond donors (Lipinski definition) is 0. The fourth-order valence-electron chi connectivity index (χ4n) is 4.38. The monoisotopic (exact) mass is 311 g/mol. The van der Waals surface area contributed by atoms with Gasteiger partial charge in [-0.15, -0.1) is 0 Å². The van der Waals surface area contributed by atoms with Crippen LogP contribution in [0.25, 0.3) is 0 Å². The molecule has 4 rings (SSSR count). The van der Waals surface area contributed by atoms with Crippen LogP contribution in [0.3, 0.4) is 0 Å². The second kappa shape index (κ2) is 6.46. The number of hydrogen-bond acceptors (Lipinski definition) is 4. The molecular formula is C19H25N3O. The summed E-state index contributed by atoms with van der Waals surface area (Å²) in [5.74, 6) is 1.08. The Kier molecular flexibility index (Phi) is 4.19. The Morgan fingerprint density at radius 3 is 2.78 bits per heavy atom. The van der Waals surface area contributed by atoms with Crippen LogP contribution in [0, 0.1) is 0 Å². The molecule has 0 amide bonds. The second-order valence-corrected chi connectivity index (χ2v) is 7.00. The molecule has 1 spiro atoms. The zero-order valence-corrected chi connectivity index (χ0v) is 13.7. The van der Waals surface area contributed by atoms with Gasteiger partial charge >= 0.3 is 0 Å². The summed E-state index contributed by atoms with van der Waals surface area (Å²) in [7, 11) is 0. The molecule has 2 aromatic heterocycles. The summed E-state index contributed by atoms with van der Waals surface area (Å²) in [6, 6.07) is 8.31. The van der Waals surface area contributed by atoms with Crippen LogP contribution in [-0.2, 0) is 13.1 Å². The lowest BCUT2D eigenvalue weighted by Gasteiger charge is -2.46. The SMILES string of the molecule is c1cncc(CN2CCCC23CCCN(Cc2ccco2)C3)c1. The molecule has 4 heterocycles. The first-order valence-corrected chi connectivity index (χ1v) is 8.73. The predicted molar refractivity (Wildman–Crippen MR) is 89.8 cm³/mol. The van der Waals surface area contributed by atoms with Gasteiger partial charge in [-0.05, 0) is 62.5 Å². The van der Waals surface area contributed by atoms with Crippen LogP contribution >= 0.6 is 0 Å². The maximum absolute atomic E-state index is 5.55. The first-order chi connectivity index (χ1) is 11.3. The van der Waals surface area contributed by atoms with Crippen LogP contribution in [0.15, 0.2) is 47.3 Å². The van der Waals surface area contributed by atoms with Crippen molar-refractivity contribution in [1.82, 2.24) is 14.8 Å². The zero-order valence-electron chi connectivity index (χ0n) is 13.7. The number of rotatable bonds is 4. The van der Waals surface area contributed by atoms with Crippen molar-refractivity contribution in [1.29, 1.82) is 0 Å². The molecule has 2 saturated heterocycles. The van der Waals surface area contributed by atoms with Gasteiger partial charge in [0.05, 0.1) is 12.8 Å². The third-order valence-corrected chi connectivity index (χ3v) is 5.43. The van der Waals surface area contributed by atoms with Crippen LogP contribution in [0.2, 0.25) is 0 Å². The fraction of sp³-hybridized carbons (Fsp3) is 0.526. The maximum Gasteiger partial charge on any atom is 0.117 e. The smallest absolute Gasteiger partial charge is 0.117 e. The summed E-state index contributed by atoms with van der Waals surface area (Å²) in [4.78, 5) is 9.56. The maximum atomic E-state index is 5.55. The molecule has 4 nitrogen and oxygen atoms in total. The van der Waals surface area contributed by atoms with Gasteiger partial charge in [-0.3, -0.25) is 14.8 Å².